The minimum Gasteiger partial charge on any atom is -0.434 e. The summed E-state index contributed by atoms with van der Waals surface area (Å²) in [7, 11) is 0. The van der Waals surface area contributed by atoms with Gasteiger partial charge in [-0.2, -0.15) is 13.2 Å². The molecule has 0 atom stereocenters. The summed E-state index contributed by atoms with van der Waals surface area (Å²) in [6.07, 6.45) is -3.99. The third kappa shape index (κ3) is 3.40. The summed E-state index contributed by atoms with van der Waals surface area (Å²) in [6, 6.07) is 4.56. The maximum absolute atomic E-state index is 13.5. The number of hydrogen-bond donors (Lipinski definition) is 0. The molecule has 0 spiro atoms. The fourth-order valence-corrected chi connectivity index (χ4v) is 1.86. The van der Waals surface area contributed by atoms with Crippen LogP contribution in [0.2, 0.25) is 5.02 Å². The first-order valence-electron chi connectivity index (χ1n) is 5.13. The summed E-state index contributed by atoms with van der Waals surface area (Å²) in [4.78, 5) is 3.45. The van der Waals surface area contributed by atoms with Gasteiger partial charge in [0.2, 0.25) is 5.88 Å². The average molecular weight is 371 g/mol. The third-order valence-corrected chi connectivity index (χ3v) is 3.00. The number of alkyl halides is 3. The van der Waals surface area contributed by atoms with Crippen LogP contribution in [0.15, 0.2) is 34.9 Å². The Hall–Kier alpha value is -1.34. The number of halogens is 6. The van der Waals surface area contributed by atoms with Crippen molar-refractivity contribution in [3.8, 4) is 11.6 Å². The van der Waals surface area contributed by atoms with Gasteiger partial charge in [-0.25, -0.2) is 9.37 Å². The number of pyridine rings is 1. The monoisotopic (exact) mass is 369 g/mol. The lowest BCUT2D eigenvalue weighted by Gasteiger charge is -2.10. The van der Waals surface area contributed by atoms with Crippen LogP contribution in [-0.4, -0.2) is 4.98 Å². The quantitative estimate of drug-likeness (QED) is 0.656. The van der Waals surface area contributed by atoms with E-state index in [-0.39, 0.29) is 16.7 Å². The van der Waals surface area contributed by atoms with Gasteiger partial charge in [-0.05, 0) is 24.3 Å². The van der Waals surface area contributed by atoms with Gasteiger partial charge in [0.25, 0.3) is 0 Å². The number of aromatic nitrogens is 1. The van der Waals surface area contributed by atoms with E-state index in [9.17, 15) is 17.6 Å². The van der Waals surface area contributed by atoms with Crippen molar-refractivity contribution in [2.45, 2.75) is 6.18 Å². The number of nitrogens with zero attached hydrogens (tertiary/aromatic N) is 1. The van der Waals surface area contributed by atoms with Crippen LogP contribution in [0.1, 0.15) is 5.56 Å². The smallest absolute Gasteiger partial charge is 0.417 e. The number of hydrogen-bond acceptors (Lipinski definition) is 2. The molecule has 0 radical (unpaired) electrons. The van der Waals surface area contributed by atoms with Crippen molar-refractivity contribution in [1.82, 2.24) is 4.98 Å². The summed E-state index contributed by atoms with van der Waals surface area (Å²) in [5, 5.41) is -0.362. The van der Waals surface area contributed by atoms with Gasteiger partial charge in [0.15, 0.2) is 11.6 Å². The molecule has 1 aromatic heterocycles. The first-order valence-corrected chi connectivity index (χ1v) is 6.30. The van der Waals surface area contributed by atoms with E-state index in [4.69, 9.17) is 16.3 Å². The van der Waals surface area contributed by atoms with Crippen molar-refractivity contribution >= 4 is 27.5 Å². The van der Waals surface area contributed by atoms with Gasteiger partial charge in [0.1, 0.15) is 5.02 Å². The molecule has 106 valence electrons. The highest BCUT2D eigenvalue weighted by Gasteiger charge is 2.31. The maximum atomic E-state index is 13.5. The van der Waals surface area contributed by atoms with Gasteiger partial charge in [0.05, 0.1) is 5.56 Å². The topological polar surface area (TPSA) is 22.1 Å². The molecule has 2 rings (SSSR count). The zero-order valence-corrected chi connectivity index (χ0v) is 11.9. The van der Waals surface area contributed by atoms with Gasteiger partial charge in [-0.1, -0.05) is 27.5 Å². The number of benzene rings is 1. The van der Waals surface area contributed by atoms with Gasteiger partial charge in [-0.3, -0.25) is 0 Å². The highest BCUT2D eigenvalue weighted by atomic mass is 79.9. The zero-order chi connectivity index (χ0) is 14.9. The second-order valence-corrected chi connectivity index (χ2v) is 5.01. The molecule has 0 saturated carbocycles. The molecule has 8 heteroatoms. The predicted octanol–water partition coefficient (Wildman–Crippen LogP) is 5.45. The van der Waals surface area contributed by atoms with Crippen LogP contribution < -0.4 is 4.74 Å². The van der Waals surface area contributed by atoms with Crippen LogP contribution in [0.4, 0.5) is 17.6 Å². The molecule has 0 unspecified atom stereocenters. The first kappa shape index (κ1) is 15.1. The maximum Gasteiger partial charge on any atom is 0.417 e. The van der Waals surface area contributed by atoms with E-state index in [2.05, 4.69) is 20.9 Å². The van der Waals surface area contributed by atoms with Crippen molar-refractivity contribution in [3.63, 3.8) is 0 Å². The Bertz CT molecular complexity index is 648. The number of ether oxygens (including phenoxy) is 1. The highest BCUT2D eigenvalue weighted by molar-refractivity contribution is 9.10. The molecule has 0 aliphatic carbocycles. The zero-order valence-electron chi connectivity index (χ0n) is 9.51. The Morgan fingerprint density at radius 3 is 2.50 bits per heavy atom. The molecule has 2 aromatic rings. The Labute approximate surface area is 124 Å². The Morgan fingerprint density at radius 1 is 1.20 bits per heavy atom. The lowest BCUT2D eigenvalue weighted by molar-refractivity contribution is -0.137. The van der Waals surface area contributed by atoms with Crippen LogP contribution in [-0.2, 0) is 6.18 Å². The molecule has 20 heavy (non-hydrogen) atoms. The summed E-state index contributed by atoms with van der Waals surface area (Å²) in [6.45, 7) is 0. The van der Waals surface area contributed by atoms with Gasteiger partial charge in [-0.15, -0.1) is 0 Å². The van der Waals surface area contributed by atoms with Gasteiger partial charge < -0.3 is 4.74 Å². The molecule has 0 aliphatic rings. The molecule has 0 aliphatic heterocycles. The van der Waals surface area contributed by atoms with Crippen LogP contribution >= 0.6 is 27.5 Å². The van der Waals surface area contributed by atoms with E-state index >= 15 is 0 Å². The van der Waals surface area contributed by atoms with Crippen LogP contribution in [0.3, 0.4) is 0 Å². The second kappa shape index (κ2) is 5.57. The van der Waals surface area contributed by atoms with Gasteiger partial charge >= 0.3 is 6.18 Å². The molecular weight excluding hydrogens is 365 g/mol. The SMILES string of the molecule is Fc1ccc(Br)cc1Oc1ncc(C(F)(F)F)cc1Cl. The Morgan fingerprint density at radius 2 is 1.90 bits per heavy atom. The summed E-state index contributed by atoms with van der Waals surface area (Å²) >= 11 is 8.77. The van der Waals surface area contributed by atoms with Crippen molar-refractivity contribution in [3.05, 3.63) is 51.3 Å². The molecule has 0 N–H and O–H groups in total. The van der Waals surface area contributed by atoms with Crippen molar-refractivity contribution in [1.29, 1.82) is 0 Å². The Balaban J connectivity index is 2.33. The van der Waals surface area contributed by atoms with Crippen LogP contribution in [0.25, 0.3) is 0 Å². The molecule has 2 nitrogen and oxygen atoms in total. The first-order chi connectivity index (χ1) is 9.27. The van der Waals surface area contributed by atoms with Crippen molar-refractivity contribution < 1.29 is 22.3 Å². The molecular formula is C12H5BrClF4NO. The highest BCUT2D eigenvalue weighted by Crippen LogP contribution is 2.35. The largest absolute Gasteiger partial charge is 0.434 e. The average Bonchev–Trinajstić information content (AvgIpc) is 2.35. The summed E-state index contributed by atoms with van der Waals surface area (Å²) < 4.78 is 56.4. The molecule has 1 aromatic carbocycles. The molecule has 1 heterocycles. The van der Waals surface area contributed by atoms with E-state index < -0.39 is 17.6 Å². The normalized spacial score (nSPS) is 11.5. The number of rotatable bonds is 2. The van der Waals surface area contributed by atoms with Gasteiger partial charge in [0, 0.05) is 10.7 Å². The summed E-state index contributed by atoms with van der Waals surface area (Å²) in [5.74, 6) is -1.20. The lowest BCUT2D eigenvalue weighted by atomic mass is 10.3. The van der Waals surface area contributed by atoms with E-state index in [1.54, 1.807) is 0 Å². The van der Waals surface area contributed by atoms with E-state index in [1.165, 1.54) is 12.1 Å². The second-order valence-electron chi connectivity index (χ2n) is 3.69. The van der Waals surface area contributed by atoms with E-state index in [1.807, 2.05) is 0 Å². The van der Waals surface area contributed by atoms with E-state index in [0.29, 0.717) is 16.7 Å². The minimum absolute atomic E-state index is 0.200. The predicted molar refractivity (Wildman–Crippen MR) is 68.4 cm³/mol. The fraction of sp³-hybridized carbons (Fsp3) is 0.0833. The minimum atomic E-state index is -4.56. The van der Waals surface area contributed by atoms with E-state index in [0.717, 1.165) is 6.07 Å². The van der Waals surface area contributed by atoms with Crippen molar-refractivity contribution in [2.75, 3.05) is 0 Å². The summed E-state index contributed by atoms with van der Waals surface area (Å²) in [5.41, 5.74) is -1.01. The molecule has 0 fully saturated rings. The Kier molecular flexibility index (Phi) is 4.19. The third-order valence-electron chi connectivity index (χ3n) is 2.23. The lowest BCUT2D eigenvalue weighted by Crippen LogP contribution is -2.06. The molecule has 0 amide bonds. The van der Waals surface area contributed by atoms with Crippen LogP contribution in [0, 0.1) is 5.82 Å². The molecule has 0 saturated heterocycles. The fourth-order valence-electron chi connectivity index (χ4n) is 1.32. The van der Waals surface area contributed by atoms with Crippen LogP contribution in [0.5, 0.6) is 11.6 Å². The standard InChI is InChI=1S/C12H5BrClF4NO/c13-7-1-2-9(15)10(4-7)20-11-8(14)3-6(5-19-11)12(16,17)18/h1-5H. The molecule has 0 bridgehead atoms. The van der Waals surface area contributed by atoms with Crippen molar-refractivity contribution in [2.24, 2.45) is 0 Å².